The standard InChI is InChI=1S/C13H14N4O3S/c1-9(18)17-21(19,20)12-5-2-10(3-6-12)16-11-4-7-13(14)15-8-11/h2-8,16H,1H3,(H2,14,15)(H,17,18). The lowest BCUT2D eigenvalue weighted by Crippen LogP contribution is -2.28. The molecule has 21 heavy (non-hydrogen) atoms. The van der Waals surface area contributed by atoms with Crippen molar-refractivity contribution >= 4 is 33.1 Å². The van der Waals surface area contributed by atoms with Crippen LogP contribution in [0.1, 0.15) is 6.92 Å². The number of pyridine rings is 1. The van der Waals surface area contributed by atoms with Crippen molar-refractivity contribution in [2.45, 2.75) is 11.8 Å². The number of benzene rings is 1. The fourth-order valence-electron chi connectivity index (χ4n) is 1.61. The Morgan fingerprint density at radius 2 is 1.71 bits per heavy atom. The fraction of sp³-hybridized carbons (Fsp3) is 0.0769. The van der Waals surface area contributed by atoms with Gasteiger partial charge in [0.15, 0.2) is 0 Å². The van der Waals surface area contributed by atoms with Gasteiger partial charge in [0.25, 0.3) is 10.0 Å². The van der Waals surface area contributed by atoms with E-state index < -0.39 is 15.9 Å². The van der Waals surface area contributed by atoms with E-state index in [0.29, 0.717) is 11.5 Å². The normalized spacial score (nSPS) is 10.9. The summed E-state index contributed by atoms with van der Waals surface area (Å²) in [5, 5.41) is 3.05. The SMILES string of the molecule is CC(=O)NS(=O)(=O)c1ccc(Nc2ccc(N)nc2)cc1. The van der Waals surface area contributed by atoms with Crippen molar-refractivity contribution in [3.8, 4) is 0 Å². The van der Waals surface area contributed by atoms with E-state index in [-0.39, 0.29) is 4.90 Å². The van der Waals surface area contributed by atoms with Crippen molar-refractivity contribution < 1.29 is 13.2 Å². The van der Waals surface area contributed by atoms with Gasteiger partial charge in [-0.15, -0.1) is 0 Å². The number of anilines is 3. The van der Waals surface area contributed by atoms with Crippen molar-refractivity contribution in [1.82, 2.24) is 9.71 Å². The molecule has 7 nitrogen and oxygen atoms in total. The Hall–Kier alpha value is -2.61. The molecule has 0 fully saturated rings. The molecule has 0 saturated carbocycles. The minimum atomic E-state index is -3.81. The third-order valence-corrected chi connectivity index (χ3v) is 3.97. The number of hydrogen-bond acceptors (Lipinski definition) is 6. The Bertz CT molecular complexity index is 740. The van der Waals surface area contributed by atoms with Crippen molar-refractivity contribution in [1.29, 1.82) is 0 Å². The van der Waals surface area contributed by atoms with E-state index in [1.54, 1.807) is 30.5 Å². The summed E-state index contributed by atoms with van der Waals surface area (Å²) in [4.78, 5) is 14.8. The van der Waals surface area contributed by atoms with Gasteiger partial charge in [0.05, 0.1) is 16.8 Å². The zero-order valence-electron chi connectivity index (χ0n) is 11.2. The van der Waals surface area contributed by atoms with Gasteiger partial charge in [-0.3, -0.25) is 4.79 Å². The Morgan fingerprint density at radius 1 is 1.10 bits per heavy atom. The van der Waals surface area contributed by atoms with Crippen LogP contribution in [0.15, 0.2) is 47.5 Å². The van der Waals surface area contributed by atoms with E-state index in [4.69, 9.17) is 5.73 Å². The minimum Gasteiger partial charge on any atom is -0.384 e. The molecule has 0 atom stereocenters. The Balaban J connectivity index is 2.15. The number of nitrogens with one attached hydrogen (secondary N) is 2. The van der Waals surface area contributed by atoms with E-state index in [9.17, 15) is 13.2 Å². The monoisotopic (exact) mass is 306 g/mol. The van der Waals surface area contributed by atoms with Crippen LogP contribution in [0, 0.1) is 0 Å². The maximum absolute atomic E-state index is 11.8. The lowest BCUT2D eigenvalue weighted by atomic mass is 10.3. The summed E-state index contributed by atoms with van der Waals surface area (Å²) in [5.41, 5.74) is 6.89. The third kappa shape index (κ3) is 3.93. The maximum atomic E-state index is 11.8. The number of nitrogens with two attached hydrogens (primary N) is 1. The largest absolute Gasteiger partial charge is 0.384 e. The van der Waals surface area contributed by atoms with Gasteiger partial charge >= 0.3 is 0 Å². The lowest BCUT2D eigenvalue weighted by molar-refractivity contribution is -0.117. The molecule has 0 aliphatic heterocycles. The summed E-state index contributed by atoms with van der Waals surface area (Å²) in [6, 6.07) is 9.38. The van der Waals surface area contributed by atoms with E-state index in [2.05, 4.69) is 10.3 Å². The molecular formula is C13H14N4O3S. The first-order valence-corrected chi connectivity index (χ1v) is 7.47. The van der Waals surface area contributed by atoms with Gasteiger partial charge in [-0.2, -0.15) is 0 Å². The van der Waals surface area contributed by atoms with Crippen LogP contribution in [-0.4, -0.2) is 19.3 Å². The van der Waals surface area contributed by atoms with Gasteiger partial charge in [-0.25, -0.2) is 18.1 Å². The van der Waals surface area contributed by atoms with Gasteiger partial charge in [-0.05, 0) is 36.4 Å². The summed E-state index contributed by atoms with van der Waals surface area (Å²) in [6.45, 7) is 1.14. The second-order valence-corrected chi connectivity index (χ2v) is 5.97. The number of amides is 1. The highest BCUT2D eigenvalue weighted by molar-refractivity contribution is 7.90. The molecule has 0 radical (unpaired) electrons. The molecule has 0 spiro atoms. The van der Waals surface area contributed by atoms with Crippen LogP contribution in [0.4, 0.5) is 17.2 Å². The van der Waals surface area contributed by atoms with Crippen LogP contribution >= 0.6 is 0 Å². The van der Waals surface area contributed by atoms with Crippen LogP contribution in [0.25, 0.3) is 0 Å². The first kappa shape index (κ1) is 14.8. The molecule has 0 aliphatic rings. The number of hydrogen-bond donors (Lipinski definition) is 3. The summed E-state index contributed by atoms with van der Waals surface area (Å²) >= 11 is 0. The molecule has 2 aromatic rings. The van der Waals surface area contributed by atoms with Gasteiger partial charge < -0.3 is 11.1 Å². The highest BCUT2D eigenvalue weighted by atomic mass is 32.2. The third-order valence-electron chi connectivity index (χ3n) is 2.52. The second kappa shape index (κ2) is 5.80. The highest BCUT2D eigenvalue weighted by Gasteiger charge is 2.14. The smallest absolute Gasteiger partial charge is 0.264 e. The molecule has 1 aromatic carbocycles. The molecule has 1 aromatic heterocycles. The summed E-state index contributed by atoms with van der Waals surface area (Å²) < 4.78 is 25.4. The summed E-state index contributed by atoms with van der Waals surface area (Å²) in [6.07, 6.45) is 1.57. The van der Waals surface area contributed by atoms with Gasteiger partial charge in [0, 0.05) is 12.6 Å². The maximum Gasteiger partial charge on any atom is 0.264 e. The van der Waals surface area contributed by atoms with E-state index in [1.165, 1.54) is 12.1 Å². The Labute approximate surface area is 122 Å². The zero-order valence-corrected chi connectivity index (χ0v) is 12.0. The molecule has 8 heteroatoms. The number of aromatic nitrogens is 1. The minimum absolute atomic E-state index is 0.0127. The number of nitrogens with zero attached hydrogens (tertiary/aromatic N) is 1. The molecule has 0 unspecified atom stereocenters. The quantitative estimate of drug-likeness (QED) is 0.783. The van der Waals surface area contributed by atoms with Crippen LogP contribution < -0.4 is 15.8 Å². The number of rotatable bonds is 4. The number of nitrogen functional groups attached to an aromatic ring is 1. The predicted molar refractivity (Wildman–Crippen MR) is 79.4 cm³/mol. The summed E-state index contributed by atoms with van der Waals surface area (Å²) in [7, 11) is -3.81. The summed E-state index contributed by atoms with van der Waals surface area (Å²) in [5.74, 6) is -0.220. The molecule has 1 heterocycles. The molecule has 2 rings (SSSR count). The molecule has 0 bridgehead atoms. The highest BCUT2D eigenvalue weighted by Crippen LogP contribution is 2.18. The van der Waals surface area contributed by atoms with E-state index >= 15 is 0 Å². The van der Waals surface area contributed by atoms with Crippen LogP contribution in [0.2, 0.25) is 0 Å². The van der Waals surface area contributed by atoms with Crippen LogP contribution in [-0.2, 0) is 14.8 Å². The van der Waals surface area contributed by atoms with Gasteiger partial charge in [-0.1, -0.05) is 0 Å². The zero-order chi connectivity index (χ0) is 15.5. The van der Waals surface area contributed by atoms with Crippen LogP contribution in [0.3, 0.4) is 0 Å². The first-order chi connectivity index (χ1) is 9.87. The van der Waals surface area contributed by atoms with Crippen molar-refractivity contribution in [2.75, 3.05) is 11.1 Å². The Kier molecular flexibility index (Phi) is 4.08. The molecule has 4 N–H and O–H groups in total. The lowest BCUT2D eigenvalue weighted by Gasteiger charge is -2.08. The number of sulfonamides is 1. The average molecular weight is 306 g/mol. The molecule has 0 aliphatic carbocycles. The van der Waals surface area contributed by atoms with Gasteiger partial charge in [0.2, 0.25) is 5.91 Å². The van der Waals surface area contributed by atoms with Crippen LogP contribution in [0.5, 0.6) is 0 Å². The van der Waals surface area contributed by atoms with E-state index in [1.807, 2.05) is 4.72 Å². The fourth-order valence-corrected chi connectivity index (χ4v) is 2.60. The van der Waals surface area contributed by atoms with Crippen molar-refractivity contribution in [2.24, 2.45) is 0 Å². The first-order valence-electron chi connectivity index (χ1n) is 5.99. The molecular weight excluding hydrogens is 292 g/mol. The van der Waals surface area contributed by atoms with Crippen molar-refractivity contribution in [3.63, 3.8) is 0 Å². The van der Waals surface area contributed by atoms with Gasteiger partial charge in [0.1, 0.15) is 5.82 Å². The molecule has 1 amide bonds. The second-order valence-electron chi connectivity index (χ2n) is 4.28. The Morgan fingerprint density at radius 3 is 2.24 bits per heavy atom. The van der Waals surface area contributed by atoms with E-state index in [0.717, 1.165) is 12.6 Å². The predicted octanol–water partition coefficient (Wildman–Crippen LogP) is 1.23. The molecule has 110 valence electrons. The van der Waals surface area contributed by atoms with Crippen molar-refractivity contribution in [3.05, 3.63) is 42.6 Å². The number of carbonyl (C=O) groups is 1. The topological polar surface area (TPSA) is 114 Å². The average Bonchev–Trinajstić information content (AvgIpc) is 2.41. The number of carbonyl (C=O) groups excluding carboxylic acids is 1. The molecule has 0 saturated heterocycles.